The summed E-state index contributed by atoms with van der Waals surface area (Å²) in [5.41, 5.74) is 3.27. The first-order chi connectivity index (χ1) is 10.7. The lowest BCUT2D eigenvalue weighted by Crippen LogP contribution is -2.05. The third kappa shape index (κ3) is 2.12. The molecule has 0 radical (unpaired) electrons. The molecule has 1 atom stereocenters. The van der Waals surface area contributed by atoms with E-state index in [0.29, 0.717) is 18.2 Å². The highest BCUT2D eigenvalue weighted by atomic mass is 16.5. The van der Waals surface area contributed by atoms with Crippen LogP contribution in [0.25, 0.3) is 17.0 Å². The zero-order valence-electron chi connectivity index (χ0n) is 12.5. The molecular weight excluding hydrogens is 280 g/mol. The summed E-state index contributed by atoms with van der Waals surface area (Å²) in [6.45, 7) is 2.46. The first-order valence-corrected chi connectivity index (χ1v) is 7.24. The number of hydrogen-bond donors (Lipinski definition) is 0. The van der Waals surface area contributed by atoms with Crippen molar-refractivity contribution in [3.05, 3.63) is 41.9 Å². The molecule has 1 aromatic carbocycles. The van der Waals surface area contributed by atoms with E-state index >= 15 is 0 Å². The summed E-state index contributed by atoms with van der Waals surface area (Å²) in [4.78, 5) is 8.63. The van der Waals surface area contributed by atoms with E-state index in [4.69, 9.17) is 9.47 Å². The Morgan fingerprint density at radius 1 is 1.36 bits per heavy atom. The van der Waals surface area contributed by atoms with Gasteiger partial charge in [0.15, 0.2) is 5.82 Å². The minimum absolute atomic E-state index is 0.238. The number of hydrogen-bond acceptors (Lipinski definition) is 5. The highest BCUT2D eigenvalue weighted by Gasteiger charge is 2.20. The summed E-state index contributed by atoms with van der Waals surface area (Å²) in [6, 6.07) is 8.17. The van der Waals surface area contributed by atoms with Crippen molar-refractivity contribution in [3.8, 4) is 17.0 Å². The fourth-order valence-corrected chi connectivity index (χ4v) is 2.83. The number of fused-ring (bicyclic) bond motifs is 2. The highest BCUT2D eigenvalue weighted by molar-refractivity contribution is 5.64. The number of ether oxygens (including phenoxy) is 2. The molecule has 4 rings (SSSR count). The molecule has 3 heterocycles. The zero-order chi connectivity index (χ0) is 15.1. The Kier molecular flexibility index (Phi) is 3.04. The van der Waals surface area contributed by atoms with Gasteiger partial charge in [-0.3, -0.25) is 0 Å². The lowest BCUT2D eigenvalue weighted by Gasteiger charge is -2.06. The summed E-state index contributed by atoms with van der Waals surface area (Å²) in [6.07, 6.45) is 2.92. The van der Waals surface area contributed by atoms with Crippen LogP contribution in [0.4, 0.5) is 0 Å². The Labute approximate surface area is 127 Å². The fraction of sp³-hybridized carbons (Fsp3) is 0.312. The molecule has 1 aliphatic heterocycles. The van der Waals surface area contributed by atoms with Gasteiger partial charge in [0, 0.05) is 25.3 Å². The maximum atomic E-state index is 5.76. The second-order valence-corrected chi connectivity index (χ2v) is 5.46. The molecule has 0 N–H and O–H groups in total. The predicted molar refractivity (Wildman–Crippen MR) is 80.7 cm³/mol. The van der Waals surface area contributed by atoms with Gasteiger partial charge in [0.25, 0.3) is 5.78 Å². The van der Waals surface area contributed by atoms with E-state index in [9.17, 15) is 0 Å². The standard InChI is InChI=1S/C16H16N4O2/c1-10-7-12-8-11(3-4-14(12)22-10)13-5-6-17-16-18-15(9-21-2)19-20(13)16/h3-6,8,10H,7,9H2,1-2H3. The summed E-state index contributed by atoms with van der Waals surface area (Å²) < 4.78 is 12.6. The van der Waals surface area contributed by atoms with Crippen molar-refractivity contribution in [2.24, 2.45) is 0 Å². The van der Waals surface area contributed by atoms with Gasteiger partial charge >= 0.3 is 0 Å². The van der Waals surface area contributed by atoms with E-state index in [1.807, 2.05) is 18.2 Å². The minimum atomic E-state index is 0.238. The zero-order valence-corrected chi connectivity index (χ0v) is 12.5. The van der Waals surface area contributed by atoms with E-state index in [2.05, 4.69) is 28.1 Å². The first kappa shape index (κ1) is 13.2. The van der Waals surface area contributed by atoms with Crippen LogP contribution in [0.2, 0.25) is 0 Å². The highest BCUT2D eigenvalue weighted by Crippen LogP contribution is 2.32. The summed E-state index contributed by atoms with van der Waals surface area (Å²) in [7, 11) is 1.63. The quantitative estimate of drug-likeness (QED) is 0.742. The smallest absolute Gasteiger partial charge is 0.253 e. The Hall–Kier alpha value is -2.47. The van der Waals surface area contributed by atoms with Crippen molar-refractivity contribution in [1.29, 1.82) is 0 Å². The van der Waals surface area contributed by atoms with Crippen LogP contribution in [0.3, 0.4) is 0 Å². The lowest BCUT2D eigenvalue weighted by molar-refractivity contribution is 0.178. The first-order valence-electron chi connectivity index (χ1n) is 7.24. The molecule has 0 bridgehead atoms. The van der Waals surface area contributed by atoms with E-state index in [-0.39, 0.29) is 6.10 Å². The van der Waals surface area contributed by atoms with Crippen molar-refractivity contribution < 1.29 is 9.47 Å². The molecule has 0 saturated carbocycles. The van der Waals surface area contributed by atoms with Crippen LogP contribution >= 0.6 is 0 Å². The van der Waals surface area contributed by atoms with Gasteiger partial charge in [0.05, 0.1) is 5.69 Å². The maximum Gasteiger partial charge on any atom is 0.253 e. The van der Waals surface area contributed by atoms with Gasteiger partial charge in [-0.05, 0) is 36.8 Å². The SMILES string of the molecule is COCc1nc2nccc(-c3ccc4c(c3)CC(C)O4)n2n1. The topological polar surface area (TPSA) is 61.5 Å². The minimum Gasteiger partial charge on any atom is -0.490 e. The molecule has 22 heavy (non-hydrogen) atoms. The van der Waals surface area contributed by atoms with Crippen molar-refractivity contribution in [3.63, 3.8) is 0 Å². The van der Waals surface area contributed by atoms with Crippen molar-refractivity contribution >= 4 is 5.78 Å². The van der Waals surface area contributed by atoms with E-state index in [1.54, 1.807) is 17.8 Å². The molecule has 2 aromatic heterocycles. The molecule has 6 heteroatoms. The number of nitrogens with zero attached hydrogens (tertiary/aromatic N) is 4. The molecule has 1 aliphatic rings. The molecule has 0 fully saturated rings. The molecule has 3 aromatic rings. The average Bonchev–Trinajstić information content (AvgIpc) is 3.07. The number of aromatic nitrogens is 4. The fourth-order valence-electron chi connectivity index (χ4n) is 2.83. The van der Waals surface area contributed by atoms with Crippen LogP contribution < -0.4 is 4.74 Å². The van der Waals surface area contributed by atoms with E-state index < -0.39 is 0 Å². The third-order valence-electron chi connectivity index (χ3n) is 3.75. The lowest BCUT2D eigenvalue weighted by atomic mass is 10.0. The predicted octanol–water partition coefficient (Wildman–Crippen LogP) is 2.26. The molecule has 6 nitrogen and oxygen atoms in total. The Morgan fingerprint density at radius 2 is 2.27 bits per heavy atom. The van der Waals surface area contributed by atoms with Gasteiger partial charge in [0.1, 0.15) is 18.5 Å². The third-order valence-corrected chi connectivity index (χ3v) is 3.75. The van der Waals surface area contributed by atoms with Gasteiger partial charge < -0.3 is 9.47 Å². The van der Waals surface area contributed by atoms with E-state index in [1.165, 1.54) is 5.56 Å². The number of benzene rings is 1. The molecule has 0 amide bonds. The van der Waals surface area contributed by atoms with Crippen LogP contribution in [0.15, 0.2) is 30.5 Å². The Bertz CT molecular complexity index is 843. The average molecular weight is 296 g/mol. The van der Waals surface area contributed by atoms with Crippen LogP contribution in [0.5, 0.6) is 5.75 Å². The molecule has 112 valence electrons. The molecular formula is C16H16N4O2. The van der Waals surface area contributed by atoms with Crippen molar-refractivity contribution in [1.82, 2.24) is 19.6 Å². The monoisotopic (exact) mass is 296 g/mol. The van der Waals surface area contributed by atoms with Gasteiger partial charge in [-0.1, -0.05) is 0 Å². The van der Waals surface area contributed by atoms with E-state index in [0.717, 1.165) is 23.4 Å². The van der Waals surface area contributed by atoms with Gasteiger partial charge in [-0.15, -0.1) is 5.10 Å². The summed E-state index contributed by atoms with van der Waals surface area (Å²) in [5, 5.41) is 4.47. The summed E-state index contributed by atoms with van der Waals surface area (Å²) in [5.74, 6) is 2.18. The van der Waals surface area contributed by atoms with Crippen LogP contribution in [-0.2, 0) is 17.8 Å². The van der Waals surface area contributed by atoms with Crippen LogP contribution in [0, 0.1) is 0 Å². The molecule has 0 aliphatic carbocycles. The summed E-state index contributed by atoms with van der Waals surface area (Å²) >= 11 is 0. The Balaban J connectivity index is 1.82. The maximum absolute atomic E-state index is 5.76. The van der Waals surface area contributed by atoms with Gasteiger partial charge in [-0.25, -0.2) is 4.98 Å². The van der Waals surface area contributed by atoms with Crippen molar-refractivity contribution in [2.75, 3.05) is 7.11 Å². The molecule has 0 spiro atoms. The Morgan fingerprint density at radius 3 is 3.14 bits per heavy atom. The van der Waals surface area contributed by atoms with Gasteiger partial charge in [-0.2, -0.15) is 9.50 Å². The molecule has 0 saturated heterocycles. The normalized spacial score (nSPS) is 16.7. The van der Waals surface area contributed by atoms with Crippen molar-refractivity contribution in [2.45, 2.75) is 26.1 Å². The number of methoxy groups -OCH3 is 1. The second kappa shape index (κ2) is 5.06. The molecule has 1 unspecified atom stereocenters. The largest absolute Gasteiger partial charge is 0.490 e. The number of rotatable bonds is 3. The van der Waals surface area contributed by atoms with Crippen LogP contribution in [0.1, 0.15) is 18.3 Å². The van der Waals surface area contributed by atoms with Crippen LogP contribution in [-0.4, -0.2) is 32.8 Å². The van der Waals surface area contributed by atoms with Gasteiger partial charge in [0.2, 0.25) is 0 Å². The second-order valence-electron chi connectivity index (χ2n) is 5.46.